The van der Waals surface area contributed by atoms with Crippen LogP contribution in [0.15, 0.2) is 202 Å². The van der Waals surface area contributed by atoms with Crippen LogP contribution >= 0.6 is 11.3 Å². The number of rotatable bonds is 6. The lowest BCUT2D eigenvalue weighted by molar-refractivity contribution is 0.669. The van der Waals surface area contributed by atoms with Crippen LogP contribution in [-0.4, -0.2) is 11.7 Å². The standard InChI is InChI=1S/C51H33N3OS/c1-4-15-32(16-5-1)35-21-12-22-36(31-35)50-52-49(34-19-8-3-9-20-34)53-51(54-50)42-30-29-37(33-17-6-2-7-18-33)48-46(42)41-26-13-25-39(47(41)56-48)38-24-14-28-44-45(38)40-23-10-11-27-43(40)55-44/h1-31,50H,(H,52,53,54). The fourth-order valence-corrected chi connectivity index (χ4v) is 9.54. The van der Waals surface area contributed by atoms with E-state index in [0.29, 0.717) is 5.84 Å². The summed E-state index contributed by atoms with van der Waals surface area (Å²) in [7, 11) is 0. The number of fused-ring (bicyclic) bond motifs is 6. The van der Waals surface area contributed by atoms with Crippen LogP contribution in [0.3, 0.4) is 0 Å². The second kappa shape index (κ2) is 13.3. The van der Waals surface area contributed by atoms with Gasteiger partial charge in [-0.3, -0.25) is 0 Å². The van der Waals surface area contributed by atoms with E-state index in [0.717, 1.165) is 61.0 Å². The normalized spacial score (nSPS) is 14.2. The molecule has 1 aliphatic rings. The van der Waals surface area contributed by atoms with Crippen LogP contribution in [0, 0.1) is 0 Å². The Morgan fingerprint density at radius 1 is 0.446 bits per heavy atom. The fourth-order valence-electron chi connectivity index (χ4n) is 8.15. The van der Waals surface area contributed by atoms with E-state index in [9.17, 15) is 0 Å². The van der Waals surface area contributed by atoms with Crippen molar-refractivity contribution in [2.24, 2.45) is 9.98 Å². The summed E-state index contributed by atoms with van der Waals surface area (Å²) in [5, 5.41) is 8.29. The molecule has 8 aromatic carbocycles. The Kier molecular flexibility index (Phi) is 7.71. The lowest BCUT2D eigenvalue weighted by Gasteiger charge is -2.24. The third kappa shape index (κ3) is 5.44. The summed E-state index contributed by atoms with van der Waals surface area (Å²) in [4.78, 5) is 10.7. The Labute approximate surface area is 327 Å². The number of para-hydroxylation sites is 1. The molecule has 0 spiro atoms. The molecule has 0 amide bonds. The Morgan fingerprint density at radius 3 is 1.89 bits per heavy atom. The lowest BCUT2D eigenvalue weighted by Crippen LogP contribution is -2.33. The van der Waals surface area contributed by atoms with Gasteiger partial charge in [0.25, 0.3) is 0 Å². The molecule has 10 aromatic rings. The van der Waals surface area contributed by atoms with Crippen LogP contribution in [0.2, 0.25) is 0 Å². The molecule has 0 radical (unpaired) electrons. The van der Waals surface area contributed by atoms with Crippen molar-refractivity contribution in [1.29, 1.82) is 0 Å². The van der Waals surface area contributed by atoms with Crippen LogP contribution in [0.4, 0.5) is 0 Å². The van der Waals surface area contributed by atoms with E-state index in [1.807, 2.05) is 29.5 Å². The molecule has 264 valence electrons. The zero-order chi connectivity index (χ0) is 37.0. The second-order valence-electron chi connectivity index (χ2n) is 14.1. The van der Waals surface area contributed by atoms with Crippen LogP contribution in [0.5, 0.6) is 0 Å². The molecular formula is C51H33N3OS. The predicted molar refractivity (Wildman–Crippen MR) is 235 cm³/mol. The van der Waals surface area contributed by atoms with Crippen LogP contribution < -0.4 is 5.32 Å². The third-order valence-corrected chi connectivity index (χ3v) is 12.0. The quantitative estimate of drug-likeness (QED) is 0.185. The minimum Gasteiger partial charge on any atom is -0.456 e. The van der Waals surface area contributed by atoms with Crippen molar-refractivity contribution in [2.75, 3.05) is 0 Å². The predicted octanol–water partition coefficient (Wildman–Crippen LogP) is 13.5. The van der Waals surface area contributed by atoms with Crippen molar-refractivity contribution in [3.8, 4) is 33.4 Å². The third-order valence-electron chi connectivity index (χ3n) is 10.8. The van der Waals surface area contributed by atoms with Crippen LogP contribution in [0.1, 0.15) is 22.9 Å². The summed E-state index contributed by atoms with van der Waals surface area (Å²) in [6.07, 6.45) is -0.349. The number of benzene rings is 8. The van der Waals surface area contributed by atoms with E-state index in [-0.39, 0.29) is 6.17 Å². The molecule has 1 N–H and O–H groups in total. The first-order valence-corrected chi connectivity index (χ1v) is 19.7. The summed E-state index contributed by atoms with van der Waals surface area (Å²) in [5.41, 5.74) is 11.9. The fraction of sp³-hybridized carbons (Fsp3) is 0.0196. The van der Waals surface area contributed by atoms with E-state index < -0.39 is 0 Å². The molecule has 4 nitrogen and oxygen atoms in total. The van der Waals surface area contributed by atoms with Crippen molar-refractivity contribution in [2.45, 2.75) is 6.17 Å². The van der Waals surface area contributed by atoms with Crippen molar-refractivity contribution < 1.29 is 4.42 Å². The summed E-state index contributed by atoms with van der Waals surface area (Å²) in [6.45, 7) is 0. The van der Waals surface area contributed by atoms with Gasteiger partial charge in [-0.15, -0.1) is 11.3 Å². The molecule has 56 heavy (non-hydrogen) atoms. The molecule has 2 aromatic heterocycles. The molecule has 0 fully saturated rings. The Morgan fingerprint density at radius 2 is 1.07 bits per heavy atom. The topological polar surface area (TPSA) is 49.9 Å². The summed E-state index contributed by atoms with van der Waals surface area (Å²) >= 11 is 1.84. The number of furan rings is 1. The molecule has 5 heteroatoms. The molecule has 0 aliphatic carbocycles. The van der Waals surface area contributed by atoms with Crippen LogP contribution in [-0.2, 0) is 0 Å². The number of thiophene rings is 1. The van der Waals surface area contributed by atoms with Gasteiger partial charge >= 0.3 is 0 Å². The van der Waals surface area contributed by atoms with Gasteiger partial charge < -0.3 is 9.73 Å². The van der Waals surface area contributed by atoms with Gasteiger partial charge in [-0.1, -0.05) is 164 Å². The summed E-state index contributed by atoms with van der Waals surface area (Å²) in [6, 6.07) is 66.1. The molecule has 0 bridgehead atoms. The Bertz CT molecular complexity index is 3160. The number of nitrogens with zero attached hydrogens (tertiary/aromatic N) is 2. The highest BCUT2D eigenvalue weighted by atomic mass is 32.1. The molecule has 0 saturated heterocycles. The minimum absolute atomic E-state index is 0.349. The minimum atomic E-state index is -0.349. The maximum atomic E-state index is 6.35. The van der Waals surface area contributed by atoms with Crippen molar-refractivity contribution in [3.63, 3.8) is 0 Å². The van der Waals surface area contributed by atoms with Gasteiger partial charge in [-0.25, -0.2) is 9.98 Å². The van der Waals surface area contributed by atoms with Gasteiger partial charge in [0, 0.05) is 47.6 Å². The molecule has 0 saturated carbocycles. The average Bonchev–Trinajstić information content (AvgIpc) is 3.86. The van der Waals surface area contributed by atoms with E-state index >= 15 is 0 Å². The van der Waals surface area contributed by atoms with E-state index in [1.54, 1.807) is 0 Å². The first-order chi connectivity index (χ1) is 27.8. The molecule has 1 atom stereocenters. The van der Waals surface area contributed by atoms with Gasteiger partial charge in [0.1, 0.15) is 23.2 Å². The number of hydrogen-bond acceptors (Lipinski definition) is 5. The van der Waals surface area contributed by atoms with Gasteiger partial charge in [0.15, 0.2) is 5.84 Å². The summed E-state index contributed by atoms with van der Waals surface area (Å²) < 4.78 is 8.78. The highest BCUT2D eigenvalue weighted by molar-refractivity contribution is 7.27. The molecule has 1 aliphatic heterocycles. The second-order valence-corrected chi connectivity index (χ2v) is 15.1. The van der Waals surface area contributed by atoms with Crippen molar-refractivity contribution in [3.05, 3.63) is 205 Å². The number of aliphatic imine (C=N–C) groups is 2. The van der Waals surface area contributed by atoms with Gasteiger partial charge in [-0.2, -0.15) is 0 Å². The highest BCUT2D eigenvalue weighted by Gasteiger charge is 2.26. The van der Waals surface area contributed by atoms with E-state index in [1.165, 1.54) is 37.0 Å². The maximum absolute atomic E-state index is 6.35. The monoisotopic (exact) mass is 735 g/mol. The molecular weight excluding hydrogens is 703 g/mol. The van der Waals surface area contributed by atoms with Gasteiger partial charge in [-0.05, 0) is 57.6 Å². The first kappa shape index (κ1) is 32.4. The summed E-state index contributed by atoms with van der Waals surface area (Å²) in [5.74, 6) is 1.50. The molecule has 11 rings (SSSR count). The first-order valence-electron chi connectivity index (χ1n) is 18.9. The van der Waals surface area contributed by atoms with E-state index in [4.69, 9.17) is 14.4 Å². The lowest BCUT2D eigenvalue weighted by atomic mass is 9.95. The maximum Gasteiger partial charge on any atom is 0.160 e. The number of hydrogen-bond donors (Lipinski definition) is 1. The Balaban J connectivity index is 1.16. The van der Waals surface area contributed by atoms with Crippen LogP contribution in [0.25, 0.3) is 75.5 Å². The number of amidine groups is 2. The SMILES string of the molecule is c1ccc(C2=NC(c3ccc(-c4ccccc4)c4sc5c(-c6cccc7oc8ccccc8c67)cccc5c34)=NC(c3cccc(-c4ccccc4)c3)N2)cc1. The van der Waals surface area contributed by atoms with Crippen molar-refractivity contribution >= 4 is 65.1 Å². The largest absolute Gasteiger partial charge is 0.456 e. The van der Waals surface area contributed by atoms with Gasteiger partial charge in [0.05, 0.1) is 0 Å². The smallest absolute Gasteiger partial charge is 0.160 e. The molecule has 1 unspecified atom stereocenters. The number of nitrogens with one attached hydrogen (secondary N) is 1. The zero-order valence-corrected chi connectivity index (χ0v) is 31.0. The molecule has 3 heterocycles. The Hall–Kier alpha value is -7.08. The average molecular weight is 736 g/mol. The zero-order valence-electron chi connectivity index (χ0n) is 30.2. The highest BCUT2D eigenvalue weighted by Crippen LogP contribution is 2.47. The van der Waals surface area contributed by atoms with Crippen molar-refractivity contribution in [1.82, 2.24) is 5.32 Å². The van der Waals surface area contributed by atoms with Gasteiger partial charge in [0.2, 0.25) is 0 Å². The van der Waals surface area contributed by atoms with E-state index in [2.05, 4.69) is 175 Å².